The Morgan fingerprint density at radius 1 is 1.00 bits per heavy atom. The van der Waals surface area contributed by atoms with E-state index in [1.54, 1.807) is 0 Å². The zero-order valence-electron chi connectivity index (χ0n) is 10.0. The van der Waals surface area contributed by atoms with Gasteiger partial charge in [-0.25, -0.2) is 0 Å². The quantitative estimate of drug-likeness (QED) is 0.749. The number of carbonyl (C=O) groups is 1. The highest BCUT2D eigenvalue weighted by atomic mass is 35.5. The molecule has 2 aromatic rings. The van der Waals surface area contributed by atoms with Crippen LogP contribution in [0.3, 0.4) is 0 Å². The van der Waals surface area contributed by atoms with Crippen molar-refractivity contribution < 1.29 is 14.3 Å². The summed E-state index contributed by atoms with van der Waals surface area (Å²) in [6, 6.07) is 15.2. The average Bonchev–Trinajstić information content (AvgIpc) is 2.41. The van der Waals surface area contributed by atoms with Gasteiger partial charge in [0.05, 0.1) is 0 Å². The maximum Gasteiger partial charge on any atom is 0.265 e. The van der Waals surface area contributed by atoms with Crippen molar-refractivity contribution in [3.63, 3.8) is 0 Å². The van der Waals surface area contributed by atoms with Crippen LogP contribution in [0.1, 0.15) is 0 Å². The van der Waals surface area contributed by atoms with Crippen LogP contribution >= 0.6 is 11.6 Å². The summed E-state index contributed by atoms with van der Waals surface area (Å²) in [5.41, 5.74) is 1.83. The fourth-order valence-corrected chi connectivity index (χ4v) is 2.18. The molecule has 1 unspecified atom stereocenters. The second kappa shape index (κ2) is 4.94. The second-order valence-electron chi connectivity index (χ2n) is 4.21. The third kappa shape index (κ3) is 2.29. The minimum Gasteiger partial charge on any atom is -0.489 e. The summed E-state index contributed by atoms with van der Waals surface area (Å²) in [5.74, 6) is 1.36. The maximum atomic E-state index is 11.3. The van der Waals surface area contributed by atoms with Crippen molar-refractivity contribution in [3.05, 3.63) is 48.5 Å². The molecule has 0 amide bonds. The van der Waals surface area contributed by atoms with E-state index in [-0.39, 0.29) is 6.61 Å². The lowest BCUT2D eigenvalue weighted by Gasteiger charge is -2.23. The largest absolute Gasteiger partial charge is 0.489 e. The first-order valence-corrected chi connectivity index (χ1v) is 6.31. The number of para-hydroxylation sites is 2. The predicted molar refractivity (Wildman–Crippen MR) is 72.6 cm³/mol. The zero-order chi connectivity index (χ0) is 13.2. The Kier molecular flexibility index (Phi) is 3.13. The van der Waals surface area contributed by atoms with Crippen molar-refractivity contribution >= 4 is 16.8 Å². The molecule has 0 fully saturated rings. The van der Waals surface area contributed by atoms with Gasteiger partial charge in [-0.05, 0) is 23.7 Å². The van der Waals surface area contributed by atoms with Crippen molar-refractivity contribution in [1.29, 1.82) is 0 Å². The number of halogens is 1. The van der Waals surface area contributed by atoms with Gasteiger partial charge in [0, 0.05) is 11.1 Å². The van der Waals surface area contributed by atoms with Crippen LogP contribution in [0.15, 0.2) is 48.5 Å². The lowest BCUT2D eigenvalue weighted by molar-refractivity contribution is -0.119. The van der Waals surface area contributed by atoms with Crippen molar-refractivity contribution in [3.8, 4) is 22.6 Å². The van der Waals surface area contributed by atoms with E-state index in [2.05, 4.69) is 0 Å². The van der Waals surface area contributed by atoms with Crippen molar-refractivity contribution in [2.45, 2.75) is 6.10 Å². The fraction of sp³-hybridized carbons (Fsp3) is 0.133. The minimum absolute atomic E-state index is 0.105. The number of hydrogen-bond acceptors (Lipinski definition) is 3. The summed E-state index contributed by atoms with van der Waals surface area (Å²) in [5, 5.41) is -0.561. The molecule has 4 heteroatoms. The van der Waals surface area contributed by atoms with E-state index >= 15 is 0 Å². The Morgan fingerprint density at radius 2 is 1.58 bits per heavy atom. The van der Waals surface area contributed by atoms with E-state index in [9.17, 15) is 4.79 Å². The van der Waals surface area contributed by atoms with Crippen LogP contribution in [-0.4, -0.2) is 18.0 Å². The number of hydrogen-bond donors (Lipinski definition) is 0. The molecule has 96 valence electrons. The van der Waals surface area contributed by atoms with E-state index in [4.69, 9.17) is 21.1 Å². The molecule has 0 bridgehead atoms. The Hall–Kier alpha value is -2.00. The van der Waals surface area contributed by atoms with Gasteiger partial charge in [-0.3, -0.25) is 4.79 Å². The van der Waals surface area contributed by atoms with E-state index < -0.39 is 11.3 Å². The molecule has 2 aromatic carbocycles. The number of rotatable bonds is 1. The van der Waals surface area contributed by atoms with E-state index in [1.165, 1.54) is 0 Å². The average molecular weight is 275 g/mol. The number of ether oxygens (including phenoxy) is 2. The Bertz CT molecular complexity index is 624. The van der Waals surface area contributed by atoms with E-state index in [0.717, 1.165) is 16.9 Å². The summed E-state index contributed by atoms with van der Waals surface area (Å²) in [4.78, 5) is 11.3. The molecule has 0 saturated heterocycles. The summed E-state index contributed by atoms with van der Waals surface area (Å²) >= 11 is 5.53. The van der Waals surface area contributed by atoms with Crippen LogP contribution in [0, 0.1) is 0 Å². The summed E-state index contributed by atoms with van der Waals surface area (Å²) in [6.07, 6.45) is -0.795. The number of benzene rings is 2. The summed E-state index contributed by atoms with van der Waals surface area (Å²) < 4.78 is 11.3. The van der Waals surface area contributed by atoms with Gasteiger partial charge < -0.3 is 9.47 Å². The van der Waals surface area contributed by atoms with Crippen molar-refractivity contribution in [2.24, 2.45) is 0 Å². The van der Waals surface area contributed by atoms with Gasteiger partial charge in [0.2, 0.25) is 6.10 Å². The summed E-state index contributed by atoms with van der Waals surface area (Å²) in [6.45, 7) is 0.105. The minimum atomic E-state index is -0.795. The molecule has 19 heavy (non-hydrogen) atoms. The van der Waals surface area contributed by atoms with Crippen molar-refractivity contribution in [1.82, 2.24) is 0 Å². The maximum absolute atomic E-state index is 11.3. The molecular weight excluding hydrogens is 264 g/mol. The molecule has 0 saturated carbocycles. The highest BCUT2D eigenvalue weighted by Gasteiger charge is 2.24. The van der Waals surface area contributed by atoms with Crippen LogP contribution in [-0.2, 0) is 4.79 Å². The molecule has 1 aliphatic heterocycles. The normalized spacial score (nSPS) is 17.0. The van der Waals surface area contributed by atoms with Gasteiger partial charge in [0.25, 0.3) is 5.24 Å². The zero-order valence-corrected chi connectivity index (χ0v) is 10.8. The van der Waals surface area contributed by atoms with Crippen molar-refractivity contribution in [2.75, 3.05) is 6.61 Å². The van der Waals surface area contributed by atoms with Gasteiger partial charge in [-0.15, -0.1) is 0 Å². The van der Waals surface area contributed by atoms with Crippen LogP contribution < -0.4 is 9.47 Å². The fourth-order valence-electron chi connectivity index (χ4n) is 2.07. The van der Waals surface area contributed by atoms with Gasteiger partial charge in [0.1, 0.15) is 18.1 Å². The third-order valence-electron chi connectivity index (χ3n) is 2.98. The molecule has 1 atom stereocenters. The first kappa shape index (κ1) is 12.1. The molecule has 1 heterocycles. The molecule has 1 aliphatic rings. The van der Waals surface area contributed by atoms with E-state index in [1.807, 2.05) is 48.5 Å². The first-order valence-electron chi connectivity index (χ1n) is 5.93. The van der Waals surface area contributed by atoms with Gasteiger partial charge in [-0.2, -0.15) is 0 Å². The molecule has 0 N–H and O–H groups in total. The Balaban J connectivity index is 2.15. The van der Waals surface area contributed by atoms with Crippen LogP contribution in [0.25, 0.3) is 11.1 Å². The number of carbonyl (C=O) groups excluding carboxylic acids is 1. The highest BCUT2D eigenvalue weighted by molar-refractivity contribution is 6.64. The Morgan fingerprint density at radius 3 is 2.26 bits per heavy atom. The monoisotopic (exact) mass is 274 g/mol. The van der Waals surface area contributed by atoms with Crippen LogP contribution in [0.2, 0.25) is 0 Å². The standard InChI is InChI=1S/C15H11ClO3/c16-15(17)14-9-18-12-7-3-1-5-10(12)11-6-2-4-8-13(11)19-14/h1-8,14H,9H2. The van der Waals surface area contributed by atoms with E-state index in [0.29, 0.717) is 5.75 Å². The first-order chi connectivity index (χ1) is 9.25. The van der Waals surface area contributed by atoms with Crippen LogP contribution in [0.5, 0.6) is 11.5 Å². The molecule has 0 aliphatic carbocycles. The topological polar surface area (TPSA) is 35.5 Å². The van der Waals surface area contributed by atoms with Gasteiger partial charge in [0.15, 0.2) is 0 Å². The second-order valence-corrected chi connectivity index (χ2v) is 4.59. The molecule has 3 rings (SSSR count). The molecule has 3 nitrogen and oxygen atoms in total. The lowest BCUT2D eigenvalue weighted by Crippen LogP contribution is -2.31. The Labute approximate surface area is 115 Å². The highest BCUT2D eigenvalue weighted by Crippen LogP contribution is 2.38. The molecule has 0 spiro atoms. The van der Waals surface area contributed by atoms with Gasteiger partial charge >= 0.3 is 0 Å². The summed E-state index contributed by atoms with van der Waals surface area (Å²) in [7, 11) is 0. The predicted octanol–water partition coefficient (Wildman–Crippen LogP) is 3.26. The smallest absolute Gasteiger partial charge is 0.265 e. The SMILES string of the molecule is O=C(Cl)C1COc2ccccc2-c2ccccc2O1. The molecular formula is C15H11ClO3. The molecule has 0 aromatic heterocycles. The lowest BCUT2D eigenvalue weighted by atomic mass is 10.0. The number of fused-ring (bicyclic) bond motifs is 3. The third-order valence-corrected chi connectivity index (χ3v) is 3.22. The molecule has 0 radical (unpaired) electrons. The van der Waals surface area contributed by atoms with Gasteiger partial charge in [-0.1, -0.05) is 36.4 Å². The van der Waals surface area contributed by atoms with Crippen LogP contribution in [0.4, 0.5) is 0 Å².